The highest BCUT2D eigenvalue weighted by molar-refractivity contribution is 7.89. The second kappa shape index (κ2) is 6.24. The first-order chi connectivity index (χ1) is 8.39. The molecule has 1 unspecified atom stereocenters. The topological polar surface area (TPSA) is 96.5 Å². The lowest BCUT2D eigenvalue weighted by Gasteiger charge is -2.19. The molecule has 6 nitrogen and oxygen atoms in total. The van der Waals surface area contributed by atoms with Crippen molar-refractivity contribution in [2.24, 2.45) is 5.73 Å². The van der Waals surface area contributed by atoms with E-state index in [1.165, 1.54) is 23.6 Å². The van der Waals surface area contributed by atoms with Gasteiger partial charge < -0.3 is 10.8 Å². The summed E-state index contributed by atoms with van der Waals surface area (Å²) in [5.41, 5.74) is 5.83. The smallest absolute Gasteiger partial charge is 0.244 e. The number of aliphatic hydroxyl groups is 1. The number of nitrogens with two attached hydrogens (primary N) is 1. The molecule has 0 spiro atoms. The molecular formula is C11H19N3O3S. The highest BCUT2D eigenvalue weighted by Crippen LogP contribution is 2.17. The standard InChI is InChI=1S/C11H19N3O3S/c1-9(15)5-7-14(2)18(16,17)11-4-3-6-13-10(11)8-12/h3-4,6,9,15H,5,7-8,12H2,1-2H3. The molecule has 0 aliphatic rings. The quantitative estimate of drug-likeness (QED) is 0.756. The van der Waals surface area contributed by atoms with E-state index in [-0.39, 0.29) is 18.0 Å². The molecule has 1 atom stereocenters. The molecule has 0 aromatic carbocycles. The summed E-state index contributed by atoms with van der Waals surface area (Å²) in [7, 11) is -2.12. The van der Waals surface area contributed by atoms with Gasteiger partial charge in [-0.25, -0.2) is 12.7 Å². The number of rotatable bonds is 6. The summed E-state index contributed by atoms with van der Waals surface area (Å²) >= 11 is 0. The number of hydrogen-bond donors (Lipinski definition) is 2. The maximum atomic E-state index is 12.3. The van der Waals surface area contributed by atoms with E-state index >= 15 is 0 Å². The normalized spacial score (nSPS) is 13.8. The first-order valence-corrected chi connectivity index (χ1v) is 7.12. The zero-order valence-electron chi connectivity index (χ0n) is 10.6. The van der Waals surface area contributed by atoms with Crippen LogP contribution in [0.5, 0.6) is 0 Å². The van der Waals surface area contributed by atoms with Crippen LogP contribution >= 0.6 is 0 Å². The maximum absolute atomic E-state index is 12.3. The van der Waals surface area contributed by atoms with Gasteiger partial charge in [-0.1, -0.05) is 0 Å². The van der Waals surface area contributed by atoms with Gasteiger partial charge in [-0.15, -0.1) is 0 Å². The van der Waals surface area contributed by atoms with Gasteiger partial charge in [0, 0.05) is 26.3 Å². The minimum Gasteiger partial charge on any atom is -0.393 e. The molecule has 1 aromatic rings. The number of aromatic nitrogens is 1. The molecule has 0 radical (unpaired) electrons. The summed E-state index contributed by atoms with van der Waals surface area (Å²) in [5, 5.41) is 9.18. The van der Waals surface area contributed by atoms with Crippen LogP contribution in [0.1, 0.15) is 19.0 Å². The van der Waals surface area contributed by atoms with Gasteiger partial charge in [-0.3, -0.25) is 4.98 Å². The maximum Gasteiger partial charge on any atom is 0.244 e. The van der Waals surface area contributed by atoms with Gasteiger partial charge in [0.15, 0.2) is 0 Å². The van der Waals surface area contributed by atoms with Crippen LogP contribution in [0.25, 0.3) is 0 Å². The molecular weight excluding hydrogens is 254 g/mol. The first kappa shape index (κ1) is 15.0. The number of sulfonamides is 1. The fourth-order valence-electron chi connectivity index (χ4n) is 1.47. The van der Waals surface area contributed by atoms with Gasteiger partial charge in [-0.2, -0.15) is 0 Å². The SMILES string of the molecule is CC(O)CCN(C)S(=O)(=O)c1cccnc1CN. The lowest BCUT2D eigenvalue weighted by atomic mass is 10.3. The van der Waals surface area contributed by atoms with Gasteiger partial charge in [0.05, 0.1) is 11.8 Å². The zero-order chi connectivity index (χ0) is 13.8. The number of aliphatic hydroxyl groups excluding tert-OH is 1. The van der Waals surface area contributed by atoms with Crippen LogP contribution in [0.15, 0.2) is 23.2 Å². The van der Waals surface area contributed by atoms with Crippen LogP contribution in [0.3, 0.4) is 0 Å². The molecule has 7 heteroatoms. The van der Waals surface area contributed by atoms with Gasteiger partial charge >= 0.3 is 0 Å². The van der Waals surface area contributed by atoms with Crippen molar-refractivity contribution < 1.29 is 13.5 Å². The predicted molar refractivity (Wildman–Crippen MR) is 68.2 cm³/mol. The van der Waals surface area contributed by atoms with Gasteiger partial charge in [0.1, 0.15) is 4.90 Å². The average Bonchev–Trinajstić information content (AvgIpc) is 2.35. The Hall–Kier alpha value is -1.02. The second-order valence-corrected chi connectivity index (χ2v) is 6.13. The minimum atomic E-state index is -3.60. The number of pyridine rings is 1. The predicted octanol–water partition coefficient (Wildman–Crippen LogP) is -0.0683. The van der Waals surface area contributed by atoms with E-state index in [0.29, 0.717) is 12.1 Å². The van der Waals surface area contributed by atoms with Crippen LogP contribution in [0, 0.1) is 0 Å². The second-order valence-electron chi connectivity index (χ2n) is 4.12. The van der Waals surface area contributed by atoms with E-state index in [1.807, 2.05) is 0 Å². The van der Waals surface area contributed by atoms with Crippen molar-refractivity contribution in [2.45, 2.75) is 30.9 Å². The van der Waals surface area contributed by atoms with Gasteiger partial charge in [0.2, 0.25) is 10.0 Å². The van der Waals surface area contributed by atoms with Crippen molar-refractivity contribution in [3.8, 4) is 0 Å². The third-order valence-electron chi connectivity index (χ3n) is 2.59. The van der Waals surface area contributed by atoms with E-state index in [0.717, 1.165) is 0 Å². The van der Waals surface area contributed by atoms with Crippen molar-refractivity contribution in [1.82, 2.24) is 9.29 Å². The Morgan fingerprint density at radius 1 is 1.56 bits per heavy atom. The molecule has 0 saturated carbocycles. The molecule has 102 valence electrons. The molecule has 0 fully saturated rings. The van der Waals surface area contributed by atoms with Crippen molar-refractivity contribution in [2.75, 3.05) is 13.6 Å². The summed E-state index contributed by atoms with van der Waals surface area (Å²) < 4.78 is 25.8. The molecule has 0 saturated heterocycles. The van der Waals surface area contributed by atoms with Crippen LogP contribution in [-0.2, 0) is 16.6 Å². The Morgan fingerprint density at radius 3 is 2.78 bits per heavy atom. The van der Waals surface area contributed by atoms with Crippen LogP contribution in [0.4, 0.5) is 0 Å². The largest absolute Gasteiger partial charge is 0.393 e. The molecule has 0 aliphatic carbocycles. The summed E-state index contributed by atoms with van der Waals surface area (Å²) in [6, 6.07) is 3.05. The van der Waals surface area contributed by atoms with Crippen LogP contribution < -0.4 is 5.73 Å². The fourth-order valence-corrected chi connectivity index (χ4v) is 2.83. The third-order valence-corrected chi connectivity index (χ3v) is 4.52. The molecule has 0 bridgehead atoms. The Morgan fingerprint density at radius 2 is 2.22 bits per heavy atom. The third kappa shape index (κ3) is 3.49. The highest BCUT2D eigenvalue weighted by atomic mass is 32.2. The lowest BCUT2D eigenvalue weighted by molar-refractivity contribution is 0.177. The van der Waals surface area contributed by atoms with E-state index in [1.54, 1.807) is 13.0 Å². The monoisotopic (exact) mass is 273 g/mol. The van der Waals surface area contributed by atoms with E-state index in [4.69, 9.17) is 5.73 Å². The first-order valence-electron chi connectivity index (χ1n) is 5.68. The summed E-state index contributed by atoms with van der Waals surface area (Å²) in [6.45, 7) is 1.94. The van der Waals surface area contributed by atoms with Crippen LogP contribution in [0.2, 0.25) is 0 Å². The van der Waals surface area contributed by atoms with Gasteiger partial charge in [0.25, 0.3) is 0 Å². The van der Waals surface area contributed by atoms with Crippen LogP contribution in [-0.4, -0.2) is 42.5 Å². The van der Waals surface area contributed by atoms with E-state index in [9.17, 15) is 13.5 Å². The fraction of sp³-hybridized carbons (Fsp3) is 0.545. The minimum absolute atomic E-state index is 0.0691. The Bertz CT molecular complexity index is 488. The van der Waals surface area contributed by atoms with Crippen molar-refractivity contribution in [1.29, 1.82) is 0 Å². The zero-order valence-corrected chi connectivity index (χ0v) is 11.4. The lowest BCUT2D eigenvalue weighted by Crippen LogP contribution is -2.30. The van der Waals surface area contributed by atoms with Crippen molar-refractivity contribution in [3.63, 3.8) is 0 Å². The Labute approximate surface area is 107 Å². The molecule has 1 aromatic heterocycles. The summed E-state index contributed by atoms with van der Waals surface area (Å²) in [5.74, 6) is 0. The van der Waals surface area contributed by atoms with Crippen molar-refractivity contribution >= 4 is 10.0 Å². The Balaban J connectivity index is 2.98. The highest BCUT2D eigenvalue weighted by Gasteiger charge is 2.23. The molecule has 18 heavy (non-hydrogen) atoms. The van der Waals surface area contributed by atoms with Crippen molar-refractivity contribution in [3.05, 3.63) is 24.0 Å². The number of hydrogen-bond acceptors (Lipinski definition) is 5. The average molecular weight is 273 g/mol. The molecule has 0 aliphatic heterocycles. The van der Waals surface area contributed by atoms with Gasteiger partial charge in [-0.05, 0) is 25.5 Å². The van der Waals surface area contributed by atoms with E-state index in [2.05, 4.69) is 4.98 Å². The molecule has 3 N–H and O–H groups in total. The Kier molecular flexibility index (Phi) is 5.21. The molecule has 1 heterocycles. The molecule has 1 rings (SSSR count). The number of nitrogens with zero attached hydrogens (tertiary/aromatic N) is 2. The summed E-state index contributed by atoms with van der Waals surface area (Å²) in [4.78, 5) is 4.09. The molecule has 0 amide bonds. The summed E-state index contributed by atoms with van der Waals surface area (Å²) in [6.07, 6.45) is 1.36. The van der Waals surface area contributed by atoms with E-state index < -0.39 is 16.1 Å².